The van der Waals surface area contributed by atoms with E-state index in [1.54, 1.807) is 22.9 Å². The molecular formula is C12H12N2O. The highest BCUT2D eigenvalue weighted by Gasteiger charge is 1.96. The lowest BCUT2D eigenvalue weighted by atomic mass is 10.2. The monoisotopic (exact) mass is 200 g/mol. The van der Waals surface area contributed by atoms with Crippen LogP contribution in [0.2, 0.25) is 0 Å². The van der Waals surface area contributed by atoms with Crippen LogP contribution in [0.4, 0.5) is 5.69 Å². The third-order valence-electron chi connectivity index (χ3n) is 2.20. The summed E-state index contributed by atoms with van der Waals surface area (Å²) in [6.45, 7) is 0.560. The largest absolute Gasteiger partial charge is 0.399 e. The molecule has 0 bridgehead atoms. The first kappa shape index (κ1) is 9.52. The minimum Gasteiger partial charge on any atom is -0.399 e. The molecule has 2 N–H and O–H groups in total. The third kappa shape index (κ3) is 2.26. The summed E-state index contributed by atoms with van der Waals surface area (Å²) in [6, 6.07) is 12.7. The molecule has 0 unspecified atom stereocenters. The minimum absolute atomic E-state index is 0.0000699. The van der Waals surface area contributed by atoms with Crippen LogP contribution in [0.5, 0.6) is 0 Å². The van der Waals surface area contributed by atoms with Crippen molar-refractivity contribution in [3.8, 4) is 0 Å². The zero-order valence-electron chi connectivity index (χ0n) is 8.26. The van der Waals surface area contributed by atoms with Gasteiger partial charge in [0, 0.05) is 18.0 Å². The van der Waals surface area contributed by atoms with Crippen molar-refractivity contribution in [2.24, 2.45) is 0 Å². The van der Waals surface area contributed by atoms with Gasteiger partial charge in [0.25, 0.3) is 5.56 Å². The molecule has 2 aromatic rings. The number of hydrogen-bond acceptors (Lipinski definition) is 2. The predicted octanol–water partition coefficient (Wildman–Crippen LogP) is 1.48. The van der Waals surface area contributed by atoms with Crippen LogP contribution in [0.25, 0.3) is 0 Å². The fourth-order valence-corrected chi connectivity index (χ4v) is 1.48. The van der Waals surface area contributed by atoms with Crippen LogP contribution in [0.1, 0.15) is 5.56 Å². The summed E-state index contributed by atoms with van der Waals surface area (Å²) in [6.07, 6.45) is 1.77. The van der Waals surface area contributed by atoms with Crippen molar-refractivity contribution in [1.82, 2.24) is 4.57 Å². The summed E-state index contributed by atoms with van der Waals surface area (Å²) in [5.74, 6) is 0. The Kier molecular flexibility index (Phi) is 2.54. The van der Waals surface area contributed by atoms with Gasteiger partial charge in [0.15, 0.2) is 0 Å². The zero-order chi connectivity index (χ0) is 10.7. The lowest BCUT2D eigenvalue weighted by Gasteiger charge is -2.05. The summed E-state index contributed by atoms with van der Waals surface area (Å²) in [4.78, 5) is 11.4. The van der Waals surface area contributed by atoms with E-state index in [1.165, 1.54) is 0 Å². The minimum atomic E-state index is -0.0000699. The van der Waals surface area contributed by atoms with Crippen LogP contribution >= 0.6 is 0 Å². The average molecular weight is 200 g/mol. The number of nitrogens with two attached hydrogens (primary N) is 1. The Hall–Kier alpha value is -2.03. The van der Waals surface area contributed by atoms with Gasteiger partial charge in [0.1, 0.15) is 0 Å². The maximum Gasteiger partial charge on any atom is 0.250 e. The van der Waals surface area contributed by atoms with Gasteiger partial charge in [-0.25, -0.2) is 0 Å². The standard InChI is InChI=1S/C12H12N2O/c13-11-5-3-4-10(8-11)9-14-7-2-1-6-12(14)15/h1-8H,9,13H2. The number of nitrogen functional groups attached to an aromatic ring is 1. The number of anilines is 1. The number of aromatic nitrogens is 1. The summed E-state index contributed by atoms with van der Waals surface area (Å²) >= 11 is 0. The average Bonchev–Trinajstić information content (AvgIpc) is 2.22. The molecule has 0 saturated carbocycles. The lowest BCUT2D eigenvalue weighted by Crippen LogP contribution is -2.18. The SMILES string of the molecule is Nc1cccc(Cn2ccccc2=O)c1. The molecule has 15 heavy (non-hydrogen) atoms. The second-order valence-corrected chi connectivity index (χ2v) is 3.41. The Morgan fingerprint density at radius 2 is 2.00 bits per heavy atom. The van der Waals surface area contributed by atoms with Gasteiger partial charge in [0.05, 0.1) is 6.54 Å². The van der Waals surface area contributed by atoms with Gasteiger partial charge in [-0.05, 0) is 23.8 Å². The van der Waals surface area contributed by atoms with Gasteiger partial charge in [0.2, 0.25) is 0 Å². The Bertz CT molecular complexity index is 517. The molecule has 0 fully saturated rings. The highest BCUT2D eigenvalue weighted by molar-refractivity contribution is 5.40. The number of hydrogen-bond donors (Lipinski definition) is 1. The molecule has 0 saturated heterocycles. The molecule has 3 nitrogen and oxygen atoms in total. The normalized spacial score (nSPS) is 10.1. The van der Waals surface area contributed by atoms with Gasteiger partial charge in [-0.3, -0.25) is 4.79 Å². The zero-order valence-corrected chi connectivity index (χ0v) is 8.26. The molecule has 1 heterocycles. The first-order chi connectivity index (χ1) is 7.25. The summed E-state index contributed by atoms with van der Waals surface area (Å²) in [7, 11) is 0. The van der Waals surface area contributed by atoms with Crippen LogP contribution < -0.4 is 11.3 Å². The molecule has 2 rings (SSSR count). The van der Waals surface area contributed by atoms with E-state index < -0.39 is 0 Å². The van der Waals surface area contributed by atoms with E-state index in [0.717, 1.165) is 11.3 Å². The van der Waals surface area contributed by atoms with Crippen LogP contribution in [0.3, 0.4) is 0 Å². The first-order valence-electron chi connectivity index (χ1n) is 4.75. The Labute approximate surface area is 87.8 Å². The second kappa shape index (κ2) is 4.00. The number of pyridine rings is 1. The maximum atomic E-state index is 11.4. The Morgan fingerprint density at radius 3 is 2.73 bits per heavy atom. The molecule has 3 heteroatoms. The molecular weight excluding hydrogens is 188 g/mol. The molecule has 0 spiro atoms. The van der Waals surface area contributed by atoms with Gasteiger partial charge < -0.3 is 10.3 Å². The highest BCUT2D eigenvalue weighted by atomic mass is 16.1. The van der Waals surface area contributed by atoms with Crippen molar-refractivity contribution in [3.05, 3.63) is 64.6 Å². The quantitative estimate of drug-likeness (QED) is 0.746. The second-order valence-electron chi connectivity index (χ2n) is 3.41. The van der Waals surface area contributed by atoms with Gasteiger partial charge in [-0.2, -0.15) is 0 Å². The van der Waals surface area contributed by atoms with Gasteiger partial charge in [-0.1, -0.05) is 18.2 Å². The van der Waals surface area contributed by atoms with Gasteiger partial charge in [-0.15, -0.1) is 0 Å². The van der Waals surface area contributed by atoms with E-state index >= 15 is 0 Å². The number of benzene rings is 1. The number of rotatable bonds is 2. The highest BCUT2D eigenvalue weighted by Crippen LogP contribution is 2.07. The van der Waals surface area contributed by atoms with Crippen molar-refractivity contribution in [1.29, 1.82) is 0 Å². The first-order valence-corrected chi connectivity index (χ1v) is 4.75. The smallest absolute Gasteiger partial charge is 0.250 e. The third-order valence-corrected chi connectivity index (χ3v) is 2.20. The van der Waals surface area contributed by atoms with E-state index in [2.05, 4.69) is 0 Å². The fraction of sp³-hybridized carbons (Fsp3) is 0.0833. The van der Waals surface area contributed by atoms with Crippen molar-refractivity contribution < 1.29 is 0 Å². The molecule has 0 aliphatic heterocycles. The van der Waals surface area contributed by atoms with Crippen molar-refractivity contribution in [2.45, 2.75) is 6.54 Å². The van der Waals surface area contributed by atoms with Crippen molar-refractivity contribution in [2.75, 3.05) is 5.73 Å². The lowest BCUT2D eigenvalue weighted by molar-refractivity contribution is 0.760. The summed E-state index contributed by atoms with van der Waals surface area (Å²) in [5, 5.41) is 0. The van der Waals surface area contributed by atoms with Crippen LogP contribution in [-0.4, -0.2) is 4.57 Å². The topological polar surface area (TPSA) is 48.0 Å². The van der Waals surface area contributed by atoms with Crippen LogP contribution in [0.15, 0.2) is 53.5 Å². The molecule has 0 radical (unpaired) electrons. The summed E-state index contributed by atoms with van der Waals surface area (Å²) in [5.41, 5.74) is 7.41. The van der Waals surface area contributed by atoms with E-state index in [1.807, 2.05) is 30.3 Å². The predicted molar refractivity (Wildman–Crippen MR) is 60.7 cm³/mol. The van der Waals surface area contributed by atoms with Crippen LogP contribution in [0, 0.1) is 0 Å². The summed E-state index contributed by atoms with van der Waals surface area (Å²) < 4.78 is 1.65. The molecule has 0 atom stereocenters. The molecule has 76 valence electrons. The van der Waals surface area contributed by atoms with Crippen LogP contribution in [-0.2, 0) is 6.54 Å². The molecule has 0 amide bonds. The van der Waals surface area contributed by atoms with E-state index in [-0.39, 0.29) is 5.56 Å². The maximum absolute atomic E-state index is 11.4. The number of nitrogens with zero attached hydrogens (tertiary/aromatic N) is 1. The Morgan fingerprint density at radius 1 is 1.13 bits per heavy atom. The van der Waals surface area contributed by atoms with Gasteiger partial charge >= 0.3 is 0 Å². The van der Waals surface area contributed by atoms with Crippen molar-refractivity contribution in [3.63, 3.8) is 0 Å². The molecule has 0 aliphatic carbocycles. The molecule has 1 aromatic heterocycles. The molecule has 0 aliphatic rings. The van der Waals surface area contributed by atoms with E-state index in [0.29, 0.717) is 6.54 Å². The van der Waals surface area contributed by atoms with E-state index in [9.17, 15) is 4.79 Å². The van der Waals surface area contributed by atoms with E-state index in [4.69, 9.17) is 5.73 Å². The fourth-order valence-electron chi connectivity index (χ4n) is 1.48. The molecule has 1 aromatic carbocycles. The van der Waals surface area contributed by atoms with Crippen molar-refractivity contribution >= 4 is 5.69 Å². The Balaban J connectivity index is 2.30.